The summed E-state index contributed by atoms with van der Waals surface area (Å²) in [5.41, 5.74) is 0.249. The van der Waals surface area contributed by atoms with Crippen LogP contribution in [0.25, 0.3) is 0 Å². The number of amides is 1. The van der Waals surface area contributed by atoms with Crippen molar-refractivity contribution in [2.75, 3.05) is 6.54 Å². The second-order valence-corrected chi connectivity index (χ2v) is 5.34. The van der Waals surface area contributed by atoms with Crippen molar-refractivity contribution in [2.45, 2.75) is 27.7 Å². The van der Waals surface area contributed by atoms with Crippen LogP contribution in [-0.4, -0.2) is 18.2 Å². The Bertz CT molecular complexity index is 475. The normalized spacial score (nSPS) is 11.2. The van der Waals surface area contributed by atoms with E-state index >= 15 is 0 Å². The van der Waals surface area contributed by atoms with Crippen LogP contribution in [-0.2, 0) is 4.79 Å². The highest BCUT2D eigenvalue weighted by Crippen LogP contribution is 2.14. The van der Waals surface area contributed by atoms with Crippen molar-refractivity contribution in [1.29, 1.82) is 0 Å². The van der Waals surface area contributed by atoms with Crippen molar-refractivity contribution in [3.63, 3.8) is 0 Å². The first-order chi connectivity index (χ1) is 8.21. The third kappa shape index (κ3) is 3.65. The lowest BCUT2D eigenvalue weighted by Crippen LogP contribution is -2.35. The number of halogens is 1. The van der Waals surface area contributed by atoms with E-state index in [9.17, 15) is 14.0 Å². The van der Waals surface area contributed by atoms with Gasteiger partial charge >= 0.3 is 0 Å². The van der Waals surface area contributed by atoms with Crippen molar-refractivity contribution in [1.82, 2.24) is 5.32 Å². The molecule has 3 nitrogen and oxygen atoms in total. The van der Waals surface area contributed by atoms with Crippen molar-refractivity contribution < 1.29 is 14.0 Å². The first-order valence-electron chi connectivity index (χ1n) is 5.79. The Morgan fingerprint density at radius 2 is 1.89 bits per heavy atom. The maximum absolute atomic E-state index is 13.4. The van der Waals surface area contributed by atoms with E-state index in [1.807, 2.05) is 0 Å². The zero-order valence-electron chi connectivity index (χ0n) is 11.1. The number of benzene rings is 1. The molecule has 0 unspecified atom stereocenters. The lowest BCUT2D eigenvalue weighted by Gasteiger charge is -2.16. The molecule has 1 aromatic carbocycles. The lowest BCUT2D eigenvalue weighted by atomic mass is 9.91. The van der Waals surface area contributed by atoms with E-state index in [1.165, 1.54) is 12.1 Å². The summed E-state index contributed by atoms with van der Waals surface area (Å²) >= 11 is 0. The standard InChI is InChI=1S/C14H18FNO2/c1-9-5-6-11(15)10(7-9)13(18)16-8-12(17)14(2,3)4/h5-7H,8H2,1-4H3,(H,16,18). The van der Waals surface area contributed by atoms with Crippen LogP contribution in [0.4, 0.5) is 4.39 Å². The van der Waals surface area contributed by atoms with Gasteiger partial charge in [0.1, 0.15) is 5.82 Å². The van der Waals surface area contributed by atoms with Gasteiger partial charge in [-0.3, -0.25) is 9.59 Å². The van der Waals surface area contributed by atoms with Crippen LogP contribution < -0.4 is 5.32 Å². The van der Waals surface area contributed by atoms with Gasteiger partial charge in [-0.2, -0.15) is 0 Å². The van der Waals surface area contributed by atoms with Crippen molar-refractivity contribution in [3.8, 4) is 0 Å². The second-order valence-electron chi connectivity index (χ2n) is 5.34. The van der Waals surface area contributed by atoms with E-state index in [-0.39, 0.29) is 17.9 Å². The Labute approximate surface area is 106 Å². The monoisotopic (exact) mass is 251 g/mol. The maximum atomic E-state index is 13.4. The molecule has 1 amide bonds. The molecule has 0 fully saturated rings. The Balaban J connectivity index is 2.72. The highest BCUT2D eigenvalue weighted by atomic mass is 19.1. The number of hydrogen-bond acceptors (Lipinski definition) is 2. The van der Waals surface area contributed by atoms with E-state index in [0.29, 0.717) is 0 Å². The molecule has 4 heteroatoms. The van der Waals surface area contributed by atoms with Gasteiger partial charge in [-0.1, -0.05) is 32.4 Å². The smallest absolute Gasteiger partial charge is 0.254 e. The quantitative estimate of drug-likeness (QED) is 0.897. The number of ketones is 1. The average molecular weight is 251 g/mol. The van der Waals surface area contributed by atoms with E-state index in [0.717, 1.165) is 5.56 Å². The summed E-state index contributed by atoms with van der Waals surface area (Å²) in [6, 6.07) is 4.30. The first kappa shape index (κ1) is 14.4. The highest BCUT2D eigenvalue weighted by Gasteiger charge is 2.22. The van der Waals surface area contributed by atoms with Crippen LogP contribution in [0.2, 0.25) is 0 Å². The van der Waals surface area contributed by atoms with Crippen LogP contribution in [0, 0.1) is 18.2 Å². The Hall–Kier alpha value is -1.71. The van der Waals surface area contributed by atoms with Gasteiger partial charge in [-0.25, -0.2) is 4.39 Å². The number of aryl methyl sites for hydroxylation is 1. The first-order valence-corrected chi connectivity index (χ1v) is 5.79. The van der Waals surface area contributed by atoms with Crippen LogP contribution in [0.15, 0.2) is 18.2 Å². The van der Waals surface area contributed by atoms with Gasteiger partial charge in [0.15, 0.2) is 5.78 Å². The van der Waals surface area contributed by atoms with Gasteiger partial charge in [0.05, 0.1) is 12.1 Å². The van der Waals surface area contributed by atoms with Gasteiger partial charge in [-0.15, -0.1) is 0 Å². The molecule has 0 aromatic heterocycles. The molecule has 0 spiro atoms. The summed E-state index contributed by atoms with van der Waals surface area (Å²) < 4.78 is 13.4. The summed E-state index contributed by atoms with van der Waals surface area (Å²) in [5, 5.41) is 2.44. The van der Waals surface area contributed by atoms with Gasteiger partial charge < -0.3 is 5.32 Å². The largest absolute Gasteiger partial charge is 0.345 e. The van der Waals surface area contributed by atoms with Crippen LogP contribution in [0.1, 0.15) is 36.7 Å². The third-order valence-electron chi connectivity index (χ3n) is 2.61. The van der Waals surface area contributed by atoms with Gasteiger partial charge in [0.25, 0.3) is 5.91 Å². The minimum absolute atomic E-state index is 0.0308. The molecule has 1 aromatic rings. The number of Topliss-reactive ketones (excluding diaryl/α,β-unsaturated/α-hetero) is 1. The molecule has 0 saturated carbocycles. The summed E-state index contributed by atoms with van der Waals surface area (Å²) in [6.45, 7) is 7.00. The molecule has 0 aliphatic rings. The maximum Gasteiger partial charge on any atom is 0.254 e. The number of hydrogen-bond donors (Lipinski definition) is 1. The van der Waals surface area contributed by atoms with Crippen LogP contribution >= 0.6 is 0 Å². The zero-order chi connectivity index (χ0) is 13.9. The summed E-state index contributed by atoms with van der Waals surface area (Å²) in [4.78, 5) is 23.4. The second kappa shape index (κ2) is 5.29. The molecular formula is C14H18FNO2. The summed E-state index contributed by atoms with van der Waals surface area (Å²) in [5.74, 6) is -1.24. The topological polar surface area (TPSA) is 46.2 Å². The number of carbonyl (C=O) groups excluding carboxylic acids is 2. The van der Waals surface area contributed by atoms with E-state index in [4.69, 9.17) is 0 Å². The summed E-state index contributed by atoms with van der Waals surface area (Å²) in [6.07, 6.45) is 0. The Kier molecular flexibility index (Phi) is 4.22. The molecule has 0 bridgehead atoms. The fourth-order valence-electron chi connectivity index (χ4n) is 1.33. The molecule has 1 rings (SSSR count). The minimum Gasteiger partial charge on any atom is -0.345 e. The van der Waals surface area contributed by atoms with Crippen molar-refractivity contribution >= 4 is 11.7 Å². The molecule has 0 aliphatic carbocycles. The molecule has 0 radical (unpaired) electrons. The third-order valence-corrected chi connectivity index (χ3v) is 2.61. The van der Waals surface area contributed by atoms with Gasteiger partial charge in [-0.05, 0) is 19.1 Å². The van der Waals surface area contributed by atoms with Crippen molar-refractivity contribution in [3.05, 3.63) is 35.1 Å². The lowest BCUT2D eigenvalue weighted by molar-refractivity contribution is -0.125. The molecule has 0 heterocycles. The van der Waals surface area contributed by atoms with Gasteiger partial charge in [0, 0.05) is 5.41 Å². The number of carbonyl (C=O) groups is 2. The predicted octanol–water partition coefficient (Wildman–Crippen LogP) is 2.48. The van der Waals surface area contributed by atoms with Crippen molar-refractivity contribution in [2.24, 2.45) is 5.41 Å². The average Bonchev–Trinajstić information content (AvgIpc) is 2.27. The fourth-order valence-corrected chi connectivity index (χ4v) is 1.33. The Morgan fingerprint density at radius 1 is 1.28 bits per heavy atom. The molecule has 0 aliphatic heterocycles. The SMILES string of the molecule is Cc1ccc(F)c(C(=O)NCC(=O)C(C)(C)C)c1. The molecule has 98 valence electrons. The van der Waals surface area contributed by atoms with E-state index < -0.39 is 17.1 Å². The Morgan fingerprint density at radius 3 is 2.44 bits per heavy atom. The molecule has 0 atom stereocenters. The molecular weight excluding hydrogens is 233 g/mol. The van der Waals surface area contributed by atoms with E-state index in [2.05, 4.69) is 5.32 Å². The molecule has 1 N–H and O–H groups in total. The van der Waals surface area contributed by atoms with Gasteiger partial charge in [0.2, 0.25) is 0 Å². The summed E-state index contributed by atoms with van der Waals surface area (Å²) in [7, 11) is 0. The molecule has 18 heavy (non-hydrogen) atoms. The minimum atomic E-state index is -0.582. The van der Waals surface area contributed by atoms with E-state index in [1.54, 1.807) is 33.8 Å². The van der Waals surface area contributed by atoms with Crippen LogP contribution in [0.3, 0.4) is 0 Å². The number of rotatable bonds is 3. The number of nitrogens with one attached hydrogen (secondary N) is 1. The molecule has 0 saturated heterocycles. The predicted molar refractivity (Wildman–Crippen MR) is 67.9 cm³/mol. The highest BCUT2D eigenvalue weighted by molar-refractivity contribution is 5.97. The zero-order valence-corrected chi connectivity index (χ0v) is 11.1. The fraction of sp³-hybridized carbons (Fsp3) is 0.429. The van der Waals surface area contributed by atoms with Crippen LogP contribution in [0.5, 0.6) is 0 Å².